The highest BCUT2D eigenvalue weighted by atomic mass is 16.5. The molecule has 1 aromatic rings. The summed E-state index contributed by atoms with van der Waals surface area (Å²) in [7, 11) is 1.63. The van der Waals surface area contributed by atoms with Crippen LogP contribution in [0.15, 0.2) is 22.8 Å². The molecule has 104 valence electrons. The lowest BCUT2D eigenvalue weighted by Crippen LogP contribution is -2.25. The molecular formula is C16H22O3. The molecule has 3 nitrogen and oxygen atoms in total. The van der Waals surface area contributed by atoms with Gasteiger partial charge in [0, 0.05) is 7.11 Å². The van der Waals surface area contributed by atoms with E-state index in [0.717, 1.165) is 12.8 Å². The highest BCUT2D eigenvalue weighted by molar-refractivity contribution is 6.07. The van der Waals surface area contributed by atoms with Gasteiger partial charge in [-0.2, -0.15) is 0 Å². The molecule has 1 heterocycles. The highest BCUT2D eigenvalue weighted by Crippen LogP contribution is 2.18. The lowest BCUT2D eigenvalue weighted by molar-refractivity contribution is 0.0475. The SMILES string of the molecule is CCCCCCC(C)(C#CC(=O)c1ccco1)OC. The Morgan fingerprint density at radius 2 is 2.21 bits per heavy atom. The fourth-order valence-corrected chi connectivity index (χ4v) is 1.76. The number of hydrogen-bond donors (Lipinski definition) is 0. The van der Waals surface area contributed by atoms with E-state index in [1.807, 2.05) is 6.92 Å². The molecular weight excluding hydrogens is 240 g/mol. The molecule has 0 amide bonds. The van der Waals surface area contributed by atoms with Gasteiger partial charge in [0.15, 0.2) is 5.76 Å². The highest BCUT2D eigenvalue weighted by Gasteiger charge is 2.20. The van der Waals surface area contributed by atoms with Crippen molar-refractivity contribution in [3.8, 4) is 11.8 Å². The van der Waals surface area contributed by atoms with Crippen molar-refractivity contribution in [2.45, 2.75) is 51.6 Å². The number of furan rings is 1. The minimum Gasteiger partial charge on any atom is -0.460 e. The van der Waals surface area contributed by atoms with Crippen molar-refractivity contribution in [2.75, 3.05) is 7.11 Å². The van der Waals surface area contributed by atoms with E-state index in [2.05, 4.69) is 18.8 Å². The van der Waals surface area contributed by atoms with Crippen LogP contribution in [0.5, 0.6) is 0 Å². The van der Waals surface area contributed by atoms with Gasteiger partial charge in [0.25, 0.3) is 5.78 Å². The first-order chi connectivity index (χ1) is 9.11. The molecule has 0 saturated carbocycles. The Hall–Kier alpha value is -1.53. The molecule has 0 aliphatic rings. The van der Waals surface area contributed by atoms with Gasteiger partial charge in [0.2, 0.25) is 0 Å². The maximum atomic E-state index is 11.7. The molecule has 0 aliphatic carbocycles. The summed E-state index contributed by atoms with van der Waals surface area (Å²) in [6, 6.07) is 3.29. The molecule has 1 atom stereocenters. The summed E-state index contributed by atoms with van der Waals surface area (Å²) in [6.07, 6.45) is 6.95. The van der Waals surface area contributed by atoms with Crippen LogP contribution in [0.25, 0.3) is 0 Å². The zero-order valence-corrected chi connectivity index (χ0v) is 12.0. The van der Waals surface area contributed by atoms with E-state index in [0.29, 0.717) is 0 Å². The average molecular weight is 262 g/mol. The first-order valence-electron chi connectivity index (χ1n) is 6.77. The molecule has 0 aliphatic heterocycles. The van der Waals surface area contributed by atoms with Gasteiger partial charge < -0.3 is 9.15 Å². The predicted molar refractivity (Wildman–Crippen MR) is 75.0 cm³/mol. The van der Waals surface area contributed by atoms with E-state index in [1.165, 1.54) is 25.5 Å². The number of ether oxygens (including phenoxy) is 1. The van der Waals surface area contributed by atoms with Crippen LogP contribution in [0.4, 0.5) is 0 Å². The zero-order chi connectivity index (χ0) is 14.1. The van der Waals surface area contributed by atoms with Crippen LogP contribution in [0.3, 0.4) is 0 Å². The van der Waals surface area contributed by atoms with Gasteiger partial charge in [0.1, 0.15) is 5.60 Å². The van der Waals surface area contributed by atoms with Crippen LogP contribution in [0.1, 0.15) is 56.5 Å². The van der Waals surface area contributed by atoms with E-state index in [1.54, 1.807) is 19.2 Å². The number of methoxy groups -OCH3 is 1. The van der Waals surface area contributed by atoms with Crippen molar-refractivity contribution in [2.24, 2.45) is 0 Å². The fourth-order valence-electron chi connectivity index (χ4n) is 1.76. The first kappa shape index (κ1) is 15.5. The van der Waals surface area contributed by atoms with Gasteiger partial charge in [-0.25, -0.2) is 0 Å². The Morgan fingerprint density at radius 3 is 2.79 bits per heavy atom. The molecule has 1 aromatic heterocycles. The van der Waals surface area contributed by atoms with Crippen LogP contribution in [-0.2, 0) is 4.74 Å². The van der Waals surface area contributed by atoms with Crippen molar-refractivity contribution in [3.05, 3.63) is 24.2 Å². The second-order valence-electron chi connectivity index (χ2n) is 4.80. The maximum absolute atomic E-state index is 11.7. The van der Waals surface area contributed by atoms with Gasteiger partial charge in [-0.15, -0.1) is 0 Å². The number of unbranched alkanes of at least 4 members (excludes halogenated alkanes) is 3. The van der Waals surface area contributed by atoms with E-state index in [9.17, 15) is 4.79 Å². The Kier molecular flexibility index (Phi) is 6.38. The van der Waals surface area contributed by atoms with Crippen molar-refractivity contribution < 1.29 is 13.9 Å². The Bertz CT molecular complexity index is 436. The van der Waals surface area contributed by atoms with Crippen LogP contribution in [0.2, 0.25) is 0 Å². The second-order valence-corrected chi connectivity index (χ2v) is 4.80. The molecule has 3 heteroatoms. The number of carbonyl (C=O) groups is 1. The Balaban J connectivity index is 2.57. The van der Waals surface area contributed by atoms with Crippen LogP contribution < -0.4 is 0 Å². The van der Waals surface area contributed by atoms with Crippen molar-refractivity contribution in [3.63, 3.8) is 0 Å². The third-order valence-corrected chi connectivity index (χ3v) is 3.14. The molecule has 0 aromatic carbocycles. The molecule has 0 radical (unpaired) electrons. The molecule has 0 fully saturated rings. The van der Waals surface area contributed by atoms with E-state index in [-0.39, 0.29) is 11.5 Å². The van der Waals surface area contributed by atoms with Crippen LogP contribution in [-0.4, -0.2) is 18.5 Å². The summed E-state index contributed by atoms with van der Waals surface area (Å²) in [4.78, 5) is 11.7. The summed E-state index contributed by atoms with van der Waals surface area (Å²) in [5.41, 5.74) is -0.560. The lowest BCUT2D eigenvalue weighted by atomic mass is 9.98. The molecule has 0 saturated heterocycles. The number of Topliss-reactive ketones (excluding diaryl/α,β-unsaturated/α-hetero) is 1. The van der Waals surface area contributed by atoms with Crippen molar-refractivity contribution in [1.29, 1.82) is 0 Å². The summed E-state index contributed by atoms with van der Waals surface area (Å²) in [5, 5.41) is 0. The maximum Gasteiger partial charge on any atom is 0.271 e. The van der Waals surface area contributed by atoms with Gasteiger partial charge in [-0.05, 0) is 37.8 Å². The normalized spacial score (nSPS) is 13.4. The van der Waals surface area contributed by atoms with Gasteiger partial charge in [0.05, 0.1) is 6.26 Å². The monoisotopic (exact) mass is 262 g/mol. The minimum atomic E-state index is -0.560. The predicted octanol–water partition coefficient (Wildman–Crippen LogP) is 3.84. The Labute approximate surface area is 115 Å². The van der Waals surface area contributed by atoms with Crippen LogP contribution in [0, 0.1) is 11.8 Å². The molecule has 1 rings (SSSR count). The molecule has 0 bridgehead atoms. The molecule has 0 spiro atoms. The number of ketones is 1. The van der Waals surface area contributed by atoms with E-state index < -0.39 is 5.60 Å². The number of rotatable bonds is 7. The first-order valence-corrected chi connectivity index (χ1v) is 6.77. The summed E-state index contributed by atoms with van der Waals surface area (Å²) < 4.78 is 10.4. The van der Waals surface area contributed by atoms with Gasteiger partial charge in [-0.3, -0.25) is 4.79 Å². The van der Waals surface area contributed by atoms with Crippen molar-refractivity contribution >= 4 is 5.78 Å². The molecule has 19 heavy (non-hydrogen) atoms. The van der Waals surface area contributed by atoms with E-state index in [4.69, 9.17) is 9.15 Å². The van der Waals surface area contributed by atoms with Gasteiger partial charge in [-0.1, -0.05) is 32.1 Å². The third-order valence-electron chi connectivity index (χ3n) is 3.14. The Morgan fingerprint density at radius 1 is 1.42 bits per heavy atom. The largest absolute Gasteiger partial charge is 0.460 e. The van der Waals surface area contributed by atoms with Gasteiger partial charge >= 0.3 is 0 Å². The average Bonchev–Trinajstić information content (AvgIpc) is 2.95. The summed E-state index contributed by atoms with van der Waals surface area (Å²) in [5.74, 6) is 5.51. The topological polar surface area (TPSA) is 39.4 Å². The molecule has 1 unspecified atom stereocenters. The van der Waals surface area contributed by atoms with Crippen molar-refractivity contribution in [1.82, 2.24) is 0 Å². The standard InChI is InChI=1S/C16H22O3/c1-4-5-6-7-11-16(2,18-3)12-10-14(17)15-9-8-13-19-15/h8-9,13H,4-7,11H2,1-3H3. The summed E-state index contributed by atoms with van der Waals surface area (Å²) >= 11 is 0. The third kappa shape index (κ3) is 5.32. The number of carbonyl (C=O) groups excluding carboxylic acids is 1. The second kappa shape index (κ2) is 7.81. The summed E-state index contributed by atoms with van der Waals surface area (Å²) in [6.45, 7) is 4.10. The molecule has 0 N–H and O–H groups in total. The smallest absolute Gasteiger partial charge is 0.271 e. The fraction of sp³-hybridized carbons (Fsp3) is 0.562. The minimum absolute atomic E-state index is 0.275. The van der Waals surface area contributed by atoms with Crippen LogP contribution >= 0.6 is 0 Å². The number of hydrogen-bond acceptors (Lipinski definition) is 3. The lowest BCUT2D eigenvalue weighted by Gasteiger charge is -2.21. The van der Waals surface area contributed by atoms with E-state index >= 15 is 0 Å². The quantitative estimate of drug-likeness (QED) is 0.324. The zero-order valence-electron chi connectivity index (χ0n) is 12.0.